The smallest absolute Gasteiger partial charge is 0.744 e. The fraction of sp³-hybridized carbons (Fsp3) is 0.364. The van der Waals surface area contributed by atoms with Crippen molar-refractivity contribution >= 4 is 21.5 Å². The van der Waals surface area contributed by atoms with Gasteiger partial charge in [0, 0.05) is 11.1 Å². The number of hydrogen-bond donors (Lipinski definition) is 0. The summed E-state index contributed by atoms with van der Waals surface area (Å²) in [5.41, 5.74) is 2.15. The molecule has 2 rings (SSSR count). The van der Waals surface area contributed by atoms with Gasteiger partial charge in [0.05, 0.1) is 10.6 Å². The molecule has 1 aliphatic heterocycles. The first-order chi connectivity index (χ1) is 7.23. The SMILES string of the molecule is CC1=Nc2ccc(S(=O)(=O)[O-])cc2C1(C)C.[Na+]. The minimum absolute atomic E-state index is 0. The van der Waals surface area contributed by atoms with Crippen molar-refractivity contribution in [3.8, 4) is 0 Å². The third kappa shape index (κ3) is 2.48. The number of benzene rings is 1. The molecular formula is C11H12NNaO3S. The van der Waals surface area contributed by atoms with E-state index in [1.54, 1.807) is 6.07 Å². The summed E-state index contributed by atoms with van der Waals surface area (Å²) < 4.78 is 32.8. The van der Waals surface area contributed by atoms with Gasteiger partial charge in [-0.2, -0.15) is 0 Å². The zero-order valence-corrected chi connectivity index (χ0v) is 13.1. The van der Waals surface area contributed by atoms with Crippen molar-refractivity contribution in [1.29, 1.82) is 0 Å². The van der Waals surface area contributed by atoms with Crippen LogP contribution in [0.5, 0.6) is 0 Å². The summed E-state index contributed by atoms with van der Waals surface area (Å²) in [4.78, 5) is 4.16. The van der Waals surface area contributed by atoms with E-state index in [1.807, 2.05) is 20.8 Å². The van der Waals surface area contributed by atoms with Gasteiger partial charge in [-0.1, -0.05) is 13.8 Å². The molecule has 0 aliphatic carbocycles. The normalized spacial score (nSPS) is 17.1. The number of rotatable bonds is 1. The number of fused-ring (bicyclic) bond motifs is 1. The predicted octanol–water partition coefficient (Wildman–Crippen LogP) is -1.02. The van der Waals surface area contributed by atoms with Crippen LogP contribution < -0.4 is 29.6 Å². The van der Waals surface area contributed by atoms with Crippen LogP contribution in [0.4, 0.5) is 5.69 Å². The van der Waals surface area contributed by atoms with Crippen molar-refractivity contribution < 1.29 is 42.5 Å². The van der Waals surface area contributed by atoms with Crippen molar-refractivity contribution in [1.82, 2.24) is 0 Å². The van der Waals surface area contributed by atoms with Gasteiger partial charge in [0.25, 0.3) is 0 Å². The molecule has 1 aromatic carbocycles. The van der Waals surface area contributed by atoms with E-state index >= 15 is 0 Å². The van der Waals surface area contributed by atoms with Gasteiger partial charge < -0.3 is 4.55 Å². The summed E-state index contributed by atoms with van der Waals surface area (Å²) in [6, 6.07) is 4.31. The van der Waals surface area contributed by atoms with E-state index in [9.17, 15) is 13.0 Å². The van der Waals surface area contributed by atoms with E-state index in [-0.39, 0.29) is 39.9 Å². The van der Waals surface area contributed by atoms with Crippen LogP contribution >= 0.6 is 0 Å². The Kier molecular flexibility index (Phi) is 3.91. The average molecular weight is 261 g/mol. The van der Waals surface area contributed by atoms with Crippen molar-refractivity contribution in [2.45, 2.75) is 31.1 Å². The Labute approximate surface area is 123 Å². The van der Waals surface area contributed by atoms with Gasteiger partial charge in [0.1, 0.15) is 10.1 Å². The molecule has 1 aliphatic rings. The Hall–Kier alpha value is -0.200. The summed E-state index contributed by atoms with van der Waals surface area (Å²) in [5.74, 6) is 0. The Morgan fingerprint density at radius 1 is 1.29 bits per heavy atom. The topological polar surface area (TPSA) is 69.6 Å². The van der Waals surface area contributed by atoms with Gasteiger partial charge in [-0.15, -0.1) is 0 Å². The average Bonchev–Trinajstić information content (AvgIpc) is 2.37. The fourth-order valence-corrected chi connectivity index (χ4v) is 2.28. The van der Waals surface area contributed by atoms with E-state index in [2.05, 4.69) is 4.99 Å². The first-order valence-electron chi connectivity index (χ1n) is 4.89. The van der Waals surface area contributed by atoms with Crippen molar-refractivity contribution in [2.75, 3.05) is 0 Å². The number of aliphatic imine (C=N–C) groups is 1. The minimum atomic E-state index is -4.39. The maximum Gasteiger partial charge on any atom is 1.00 e. The van der Waals surface area contributed by atoms with Crippen LogP contribution in [-0.4, -0.2) is 18.7 Å². The van der Waals surface area contributed by atoms with Crippen molar-refractivity contribution in [3.05, 3.63) is 23.8 Å². The van der Waals surface area contributed by atoms with Crippen LogP contribution in [0.1, 0.15) is 26.3 Å². The second-order valence-corrected chi connectivity index (χ2v) is 5.83. The summed E-state index contributed by atoms with van der Waals surface area (Å²) in [5, 5.41) is 0. The van der Waals surface area contributed by atoms with Gasteiger partial charge >= 0.3 is 29.6 Å². The molecular weight excluding hydrogens is 249 g/mol. The maximum absolute atomic E-state index is 10.9. The molecule has 0 unspecified atom stereocenters. The monoisotopic (exact) mass is 261 g/mol. The van der Waals surface area contributed by atoms with E-state index in [0.29, 0.717) is 0 Å². The first kappa shape index (κ1) is 14.9. The largest absolute Gasteiger partial charge is 1.00 e. The molecule has 0 radical (unpaired) electrons. The third-order valence-corrected chi connectivity index (χ3v) is 3.95. The van der Waals surface area contributed by atoms with Crippen molar-refractivity contribution in [3.63, 3.8) is 0 Å². The van der Waals surface area contributed by atoms with Gasteiger partial charge in [-0.25, -0.2) is 8.42 Å². The Bertz CT molecular complexity index is 591. The fourth-order valence-electron chi connectivity index (χ4n) is 1.78. The zero-order chi connectivity index (χ0) is 12.1. The summed E-state index contributed by atoms with van der Waals surface area (Å²) in [6.07, 6.45) is 0. The molecule has 0 saturated heterocycles. The van der Waals surface area contributed by atoms with Gasteiger partial charge in [-0.3, -0.25) is 4.99 Å². The Morgan fingerprint density at radius 2 is 1.88 bits per heavy atom. The molecule has 4 nitrogen and oxygen atoms in total. The van der Waals surface area contributed by atoms with E-state index in [4.69, 9.17) is 0 Å². The zero-order valence-electron chi connectivity index (χ0n) is 10.3. The standard InChI is InChI=1S/C11H13NO3S.Na/c1-7-11(2,3)9-6-8(16(13,14)15)4-5-10(9)12-7;/h4-6H,1-3H3,(H,13,14,15);/q;+1/p-1. The summed E-state index contributed by atoms with van der Waals surface area (Å²) >= 11 is 0. The van der Waals surface area contributed by atoms with E-state index in [0.717, 1.165) is 17.0 Å². The molecule has 17 heavy (non-hydrogen) atoms. The molecule has 0 aromatic heterocycles. The molecule has 1 aromatic rings. The first-order valence-corrected chi connectivity index (χ1v) is 6.30. The maximum atomic E-state index is 10.9. The third-order valence-electron chi connectivity index (χ3n) is 3.12. The van der Waals surface area contributed by atoms with E-state index in [1.165, 1.54) is 12.1 Å². The quantitative estimate of drug-likeness (QED) is 0.480. The van der Waals surface area contributed by atoms with Crippen LogP contribution in [0.25, 0.3) is 0 Å². The van der Waals surface area contributed by atoms with Crippen LogP contribution in [-0.2, 0) is 15.5 Å². The van der Waals surface area contributed by atoms with Crippen LogP contribution in [0.15, 0.2) is 28.1 Å². The molecule has 0 amide bonds. The van der Waals surface area contributed by atoms with Crippen LogP contribution in [0.2, 0.25) is 0 Å². The molecule has 1 heterocycles. The minimum Gasteiger partial charge on any atom is -0.744 e. The molecule has 86 valence electrons. The molecule has 0 atom stereocenters. The second-order valence-electron chi connectivity index (χ2n) is 4.46. The predicted molar refractivity (Wildman–Crippen MR) is 60.2 cm³/mol. The molecule has 6 heteroatoms. The molecule has 0 spiro atoms. The summed E-state index contributed by atoms with van der Waals surface area (Å²) in [7, 11) is -4.39. The Balaban J connectivity index is 0.00000144. The van der Waals surface area contributed by atoms with Crippen LogP contribution in [0, 0.1) is 0 Å². The molecule has 0 bridgehead atoms. The van der Waals surface area contributed by atoms with E-state index < -0.39 is 10.1 Å². The van der Waals surface area contributed by atoms with Gasteiger partial charge in [0.15, 0.2) is 0 Å². The molecule has 0 fully saturated rings. The van der Waals surface area contributed by atoms with Crippen molar-refractivity contribution in [2.24, 2.45) is 4.99 Å². The van der Waals surface area contributed by atoms with Crippen LogP contribution in [0.3, 0.4) is 0 Å². The van der Waals surface area contributed by atoms with Gasteiger partial charge in [0.2, 0.25) is 0 Å². The molecule has 0 N–H and O–H groups in total. The second kappa shape index (κ2) is 4.48. The summed E-state index contributed by atoms with van der Waals surface area (Å²) in [6.45, 7) is 5.81. The van der Waals surface area contributed by atoms with Gasteiger partial charge in [-0.05, 0) is 30.7 Å². The number of hydrogen-bond acceptors (Lipinski definition) is 4. The number of nitrogens with zero attached hydrogens (tertiary/aromatic N) is 1. The molecule has 0 saturated carbocycles. The Morgan fingerprint density at radius 3 is 2.41 bits per heavy atom.